The van der Waals surface area contributed by atoms with E-state index in [9.17, 15) is 9.59 Å². The molecule has 1 saturated heterocycles. The molecule has 2 N–H and O–H groups in total. The molecule has 0 bridgehead atoms. The van der Waals surface area contributed by atoms with Crippen LogP contribution in [0.2, 0.25) is 0 Å². The maximum absolute atomic E-state index is 11.4. The van der Waals surface area contributed by atoms with Crippen LogP contribution in [0.5, 0.6) is 0 Å². The van der Waals surface area contributed by atoms with Gasteiger partial charge in [-0.2, -0.15) is 0 Å². The summed E-state index contributed by atoms with van der Waals surface area (Å²) in [4.78, 5) is 23.6. The summed E-state index contributed by atoms with van der Waals surface area (Å²) in [5.74, 6) is -0.956. The van der Waals surface area contributed by atoms with Crippen molar-refractivity contribution in [3.8, 4) is 0 Å². The van der Waals surface area contributed by atoms with Gasteiger partial charge in [-0.15, -0.1) is 0 Å². The van der Waals surface area contributed by atoms with Crippen LogP contribution in [0.4, 0.5) is 0 Å². The lowest BCUT2D eigenvalue weighted by Gasteiger charge is -2.30. The van der Waals surface area contributed by atoms with Crippen molar-refractivity contribution in [3.05, 3.63) is 12.3 Å². The van der Waals surface area contributed by atoms with Crippen molar-refractivity contribution in [2.24, 2.45) is 5.92 Å². The van der Waals surface area contributed by atoms with Crippen LogP contribution in [0, 0.1) is 5.92 Å². The van der Waals surface area contributed by atoms with Gasteiger partial charge in [-0.3, -0.25) is 4.79 Å². The van der Waals surface area contributed by atoms with Gasteiger partial charge in [-0.05, 0) is 12.8 Å². The van der Waals surface area contributed by atoms with E-state index in [-0.39, 0.29) is 11.8 Å². The van der Waals surface area contributed by atoms with Gasteiger partial charge in [0.05, 0.1) is 5.92 Å². The molecule has 0 saturated carbocycles. The predicted molar refractivity (Wildman–Crippen MR) is 55.1 cm³/mol. The first-order valence-corrected chi connectivity index (χ1v) is 5.00. The van der Waals surface area contributed by atoms with Crippen LogP contribution in [0.25, 0.3) is 0 Å². The molecule has 0 aromatic heterocycles. The lowest BCUT2D eigenvalue weighted by atomic mass is 9.97. The average Bonchev–Trinajstić information content (AvgIpc) is 2.25. The molecule has 5 nitrogen and oxygen atoms in total. The number of rotatable bonds is 3. The van der Waals surface area contributed by atoms with Gasteiger partial charge in [0.25, 0.3) is 0 Å². The Hall–Kier alpha value is -1.52. The number of piperidine rings is 1. The highest BCUT2D eigenvalue weighted by Gasteiger charge is 2.23. The molecule has 1 aliphatic rings. The number of nitrogens with zero attached hydrogens (tertiary/aromatic N) is 1. The zero-order valence-electron chi connectivity index (χ0n) is 8.77. The third kappa shape index (κ3) is 3.61. The fraction of sp³-hybridized carbons (Fsp3) is 0.600. The zero-order chi connectivity index (χ0) is 11.3. The van der Waals surface area contributed by atoms with Gasteiger partial charge < -0.3 is 15.3 Å². The Morgan fingerprint density at radius 1 is 1.53 bits per heavy atom. The maximum Gasteiger partial charge on any atom is 0.329 e. The smallest absolute Gasteiger partial charge is 0.329 e. The van der Waals surface area contributed by atoms with Crippen molar-refractivity contribution >= 4 is 11.9 Å². The van der Waals surface area contributed by atoms with Crippen molar-refractivity contribution in [1.82, 2.24) is 10.2 Å². The second-order valence-corrected chi connectivity index (χ2v) is 3.60. The number of hydrogen-bond acceptors (Lipinski definition) is 3. The third-order valence-electron chi connectivity index (χ3n) is 2.50. The van der Waals surface area contributed by atoms with Gasteiger partial charge in [0.1, 0.15) is 0 Å². The molecular formula is C10H16N2O3. The Morgan fingerprint density at radius 3 is 2.87 bits per heavy atom. The van der Waals surface area contributed by atoms with Crippen molar-refractivity contribution in [3.63, 3.8) is 0 Å². The summed E-state index contributed by atoms with van der Waals surface area (Å²) in [6, 6.07) is 0. The maximum atomic E-state index is 11.4. The van der Waals surface area contributed by atoms with Crippen molar-refractivity contribution < 1.29 is 14.7 Å². The first kappa shape index (κ1) is 11.6. The minimum Gasteiger partial charge on any atom is -0.478 e. The molecule has 0 aromatic rings. The molecule has 0 spiro atoms. The van der Waals surface area contributed by atoms with Crippen molar-refractivity contribution in [1.29, 1.82) is 0 Å². The summed E-state index contributed by atoms with van der Waals surface area (Å²) < 4.78 is 0. The molecular weight excluding hydrogens is 196 g/mol. The highest BCUT2D eigenvalue weighted by molar-refractivity contribution is 5.80. The van der Waals surface area contributed by atoms with E-state index in [1.54, 1.807) is 7.05 Å². The van der Waals surface area contributed by atoms with Gasteiger partial charge in [0.15, 0.2) is 0 Å². The molecule has 0 radical (unpaired) electrons. The summed E-state index contributed by atoms with van der Waals surface area (Å²) in [7, 11) is 1.62. The fourth-order valence-corrected chi connectivity index (χ4v) is 1.73. The lowest BCUT2D eigenvalue weighted by molar-refractivity contribution is -0.131. The van der Waals surface area contributed by atoms with E-state index in [0.29, 0.717) is 6.54 Å². The number of likely N-dealkylation sites (tertiary alicyclic amines) is 1. The van der Waals surface area contributed by atoms with Crippen LogP contribution in [0.15, 0.2) is 12.3 Å². The third-order valence-corrected chi connectivity index (χ3v) is 2.50. The highest BCUT2D eigenvalue weighted by atomic mass is 16.4. The Bertz CT molecular complexity index is 276. The second-order valence-electron chi connectivity index (χ2n) is 3.60. The minimum atomic E-state index is -0.961. The Labute approximate surface area is 88.8 Å². The van der Waals surface area contributed by atoms with Crippen LogP contribution in [0.3, 0.4) is 0 Å². The van der Waals surface area contributed by atoms with E-state index in [4.69, 9.17) is 5.11 Å². The molecule has 15 heavy (non-hydrogen) atoms. The van der Waals surface area contributed by atoms with Crippen molar-refractivity contribution in [2.45, 2.75) is 12.8 Å². The summed E-state index contributed by atoms with van der Waals surface area (Å²) in [6.07, 6.45) is 4.43. The first-order chi connectivity index (χ1) is 7.13. The molecule has 1 unspecified atom stereocenters. The van der Waals surface area contributed by atoms with Crippen molar-refractivity contribution in [2.75, 3.05) is 20.1 Å². The molecule has 1 fully saturated rings. The molecule has 1 heterocycles. The molecule has 0 aromatic carbocycles. The van der Waals surface area contributed by atoms with Crippen LogP contribution in [-0.4, -0.2) is 42.0 Å². The van der Waals surface area contributed by atoms with Crippen LogP contribution >= 0.6 is 0 Å². The zero-order valence-corrected chi connectivity index (χ0v) is 8.77. The van der Waals surface area contributed by atoms with Crippen LogP contribution in [0.1, 0.15) is 12.8 Å². The van der Waals surface area contributed by atoms with E-state index in [2.05, 4.69) is 5.32 Å². The van der Waals surface area contributed by atoms with Gasteiger partial charge in [-0.1, -0.05) is 0 Å². The quantitative estimate of drug-likeness (QED) is 0.648. The van der Waals surface area contributed by atoms with E-state index in [1.165, 1.54) is 6.20 Å². The molecule has 1 atom stereocenters. The van der Waals surface area contributed by atoms with E-state index < -0.39 is 5.97 Å². The average molecular weight is 212 g/mol. The minimum absolute atomic E-state index is 0.0257. The molecule has 84 valence electrons. The summed E-state index contributed by atoms with van der Waals surface area (Å²) in [6.45, 7) is 1.42. The Kier molecular flexibility index (Phi) is 4.15. The van der Waals surface area contributed by atoms with Gasteiger partial charge in [0.2, 0.25) is 5.91 Å². The molecule has 1 amide bonds. The molecule has 1 rings (SSSR count). The standard InChI is InChI=1S/C10H16N2O3/c1-11-10(15)8-3-2-5-12(7-8)6-4-9(13)14/h4,6,8H,2-3,5,7H2,1H3,(H,11,15)(H,13,14)/b6-4+. The summed E-state index contributed by atoms with van der Waals surface area (Å²) >= 11 is 0. The van der Waals surface area contributed by atoms with Crippen LogP contribution < -0.4 is 5.32 Å². The molecule has 5 heteroatoms. The largest absolute Gasteiger partial charge is 0.478 e. The number of hydrogen-bond donors (Lipinski definition) is 2. The van der Waals surface area contributed by atoms with Gasteiger partial charge >= 0.3 is 5.97 Å². The Morgan fingerprint density at radius 2 is 2.27 bits per heavy atom. The lowest BCUT2D eigenvalue weighted by Crippen LogP contribution is -2.39. The van der Waals surface area contributed by atoms with E-state index >= 15 is 0 Å². The normalized spacial score (nSPS) is 21.7. The monoisotopic (exact) mass is 212 g/mol. The highest BCUT2D eigenvalue weighted by Crippen LogP contribution is 2.16. The summed E-state index contributed by atoms with van der Waals surface area (Å²) in [5, 5.41) is 11.1. The Balaban J connectivity index is 2.49. The number of nitrogens with one attached hydrogen (secondary N) is 1. The number of amides is 1. The SMILES string of the molecule is CNC(=O)C1CCCN(/C=C/C(=O)O)C1. The fourth-order valence-electron chi connectivity index (χ4n) is 1.73. The van der Waals surface area contributed by atoms with Crippen LogP contribution in [-0.2, 0) is 9.59 Å². The predicted octanol–water partition coefficient (Wildman–Crippen LogP) is 0.0427. The number of carbonyl (C=O) groups is 2. The topological polar surface area (TPSA) is 69.6 Å². The number of aliphatic carboxylic acids is 1. The number of carbonyl (C=O) groups excluding carboxylic acids is 1. The van der Waals surface area contributed by atoms with Gasteiger partial charge in [-0.25, -0.2) is 4.79 Å². The number of carboxylic acids is 1. The van der Waals surface area contributed by atoms with Gasteiger partial charge in [0, 0.05) is 32.4 Å². The van der Waals surface area contributed by atoms with E-state index in [1.807, 2.05) is 4.90 Å². The second kappa shape index (κ2) is 5.38. The number of carboxylic acid groups (broad SMARTS) is 1. The molecule has 0 aliphatic carbocycles. The summed E-state index contributed by atoms with van der Waals surface area (Å²) in [5.41, 5.74) is 0. The molecule has 1 aliphatic heterocycles. The first-order valence-electron chi connectivity index (χ1n) is 5.00. The van der Waals surface area contributed by atoms with E-state index in [0.717, 1.165) is 25.5 Å².